The summed E-state index contributed by atoms with van der Waals surface area (Å²) in [5.74, 6) is -2.01. The van der Waals surface area contributed by atoms with Crippen LogP contribution in [0.25, 0.3) is 0 Å². The van der Waals surface area contributed by atoms with Crippen molar-refractivity contribution in [1.29, 1.82) is 0 Å². The van der Waals surface area contributed by atoms with Gasteiger partial charge in [0.15, 0.2) is 0 Å². The maximum absolute atomic E-state index is 12.4. The second-order valence-corrected chi connectivity index (χ2v) is 7.88. The van der Waals surface area contributed by atoms with E-state index in [1.165, 1.54) is 7.11 Å². The molecule has 1 N–H and O–H groups in total. The van der Waals surface area contributed by atoms with Gasteiger partial charge in [0.05, 0.1) is 19.2 Å². The van der Waals surface area contributed by atoms with Crippen LogP contribution in [0.5, 0.6) is 0 Å². The molecule has 0 aliphatic carbocycles. The predicted octanol–water partition coefficient (Wildman–Crippen LogP) is 3.40. The number of methoxy groups -OCH3 is 1. The van der Waals surface area contributed by atoms with Crippen LogP contribution in [0.3, 0.4) is 0 Å². The molecule has 0 bridgehead atoms. The maximum atomic E-state index is 12.4. The van der Waals surface area contributed by atoms with Crippen molar-refractivity contribution < 1.29 is 33.5 Å². The van der Waals surface area contributed by atoms with Gasteiger partial charge in [0, 0.05) is 18.7 Å². The van der Waals surface area contributed by atoms with Gasteiger partial charge in [-0.2, -0.15) is 5.06 Å². The van der Waals surface area contributed by atoms with Gasteiger partial charge in [-0.3, -0.25) is 4.79 Å². The molecule has 0 saturated heterocycles. The number of hydrogen-bond acceptors (Lipinski definition) is 7. The van der Waals surface area contributed by atoms with Crippen molar-refractivity contribution >= 4 is 23.9 Å². The number of ether oxygens (including phenoxy) is 2. The van der Waals surface area contributed by atoms with Crippen LogP contribution in [0.15, 0.2) is 42.5 Å². The van der Waals surface area contributed by atoms with Crippen LogP contribution in [-0.2, 0) is 23.9 Å². The number of nitrogens with zero attached hydrogens (tertiary/aromatic N) is 1. The Morgan fingerprint density at radius 1 is 0.969 bits per heavy atom. The number of carbonyl (C=O) groups is 4. The number of benzene rings is 1. The lowest BCUT2D eigenvalue weighted by atomic mass is 10.2. The Morgan fingerprint density at radius 3 is 2.25 bits per heavy atom. The molecule has 0 aliphatic heterocycles. The van der Waals surface area contributed by atoms with Gasteiger partial charge in [-0.15, -0.1) is 0 Å². The van der Waals surface area contributed by atoms with Gasteiger partial charge in [-0.1, -0.05) is 31.0 Å². The first-order chi connectivity index (χ1) is 15.1. The maximum Gasteiger partial charge on any atom is 0.407 e. The second-order valence-electron chi connectivity index (χ2n) is 7.88. The molecule has 0 spiro atoms. The minimum absolute atomic E-state index is 0.155. The van der Waals surface area contributed by atoms with Gasteiger partial charge < -0.3 is 19.6 Å². The number of esters is 1. The van der Waals surface area contributed by atoms with E-state index in [0.717, 1.165) is 36.5 Å². The van der Waals surface area contributed by atoms with Crippen molar-refractivity contribution in [2.45, 2.75) is 52.1 Å². The van der Waals surface area contributed by atoms with Crippen LogP contribution >= 0.6 is 0 Å². The Balaban J connectivity index is 2.49. The lowest BCUT2D eigenvalue weighted by molar-refractivity contribution is -0.162. The van der Waals surface area contributed by atoms with Gasteiger partial charge in [-0.05, 0) is 45.7 Å². The Bertz CT molecular complexity index is 785. The van der Waals surface area contributed by atoms with E-state index in [1.54, 1.807) is 51.1 Å². The number of unbranched alkanes of at least 4 members (excludes halogenated alkanes) is 3. The fourth-order valence-electron chi connectivity index (χ4n) is 2.46. The van der Waals surface area contributed by atoms with E-state index in [-0.39, 0.29) is 6.54 Å². The largest absolute Gasteiger partial charge is 0.466 e. The van der Waals surface area contributed by atoms with Crippen molar-refractivity contribution in [2.24, 2.45) is 0 Å². The highest BCUT2D eigenvalue weighted by molar-refractivity contribution is 5.95. The van der Waals surface area contributed by atoms with Crippen molar-refractivity contribution in [2.75, 3.05) is 20.2 Å². The summed E-state index contributed by atoms with van der Waals surface area (Å²) in [5.41, 5.74) is -0.241. The molecule has 0 saturated carbocycles. The highest BCUT2D eigenvalue weighted by atomic mass is 16.7. The fourth-order valence-corrected chi connectivity index (χ4v) is 2.46. The first kappa shape index (κ1) is 26.7. The van der Waals surface area contributed by atoms with E-state index in [2.05, 4.69) is 10.1 Å². The normalized spacial score (nSPS) is 11.0. The van der Waals surface area contributed by atoms with Gasteiger partial charge in [-0.25, -0.2) is 14.4 Å². The summed E-state index contributed by atoms with van der Waals surface area (Å²) in [7, 11) is 1.20. The molecule has 0 fully saturated rings. The van der Waals surface area contributed by atoms with E-state index in [0.29, 0.717) is 18.5 Å². The Kier molecular flexibility index (Phi) is 11.5. The van der Waals surface area contributed by atoms with Crippen molar-refractivity contribution in [3.05, 3.63) is 48.0 Å². The summed E-state index contributed by atoms with van der Waals surface area (Å²) in [6.07, 6.45) is 4.33. The summed E-state index contributed by atoms with van der Waals surface area (Å²) in [6.45, 7) is 6.02. The van der Waals surface area contributed by atoms with Crippen LogP contribution in [0.4, 0.5) is 4.79 Å². The molecule has 2 amide bonds. The third kappa shape index (κ3) is 11.7. The SMILES string of the molecule is COC(=O)/C=C/C(=O)N(CCCCCCNC(=O)OC(C)(C)C)OC(=O)c1ccccc1. The standard InChI is InChI=1S/C23H32N2O7/c1-23(2,3)31-22(29)24-16-10-5-6-11-17-25(19(26)14-15-20(27)30-4)32-21(28)18-12-8-7-9-13-18/h7-9,12-15H,5-6,10-11,16-17H2,1-4H3,(H,24,29)/b15-14+. The highest BCUT2D eigenvalue weighted by Crippen LogP contribution is 2.09. The molecular weight excluding hydrogens is 416 g/mol. The van der Waals surface area contributed by atoms with Crippen LogP contribution in [-0.4, -0.2) is 54.8 Å². The van der Waals surface area contributed by atoms with Crippen molar-refractivity contribution in [3.8, 4) is 0 Å². The number of nitrogens with one attached hydrogen (secondary N) is 1. The molecule has 1 aromatic rings. The Hall–Kier alpha value is -3.36. The molecule has 0 unspecified atom stereocenters. The summed E-state index contributed by atoms with van der Waals surface area (Å²) in [6, 6.07) is 8.28. The number of alkyl carbamates (subject to hydrolysis) is 1. The molecule has 0 atom stereocenters. The predicted molar refractivity (Wildman–Crippen MR) is 117 cm³/mol. The zero-order valence-electron chi connectivity index (χ0n) is 19.1. The molecule has 0 heterocycles. The summed E-state index contributed by atoms with van der Waals surface area (Å²) in [4.78, 5) is 52.8. The number of carbonyl (C=O) groups excluding carboxylic acids is 4. The van der Waals surface area contributed by atoms with E-state index >= 15 is 0 Å². The third-order valence-corrected chi connectivity index (χ3v) is 3.97. The molecule has 1 aromatic carbocycles. The Morgan fingerprint density at radius 2 is 1.62 bits per heavy atom. The van der Waals surface area contributed by atoms with Gasteiger partial charge >= 0.3 is 18.0 Å². The summed E-state index contributed by atoms with van der Waals surface area (Å²) in [5, 5.41) is 3.61. The van der Waals surface area contributed by atoms with Crippen LogP contribution < -0.4 is 5.32 Å². The highest BCUT2D eigenvalue weighted by Gasteiger charge is 2.18. The van der Waals surface area contributed by atoms with E-state index in [4.69, 9.17) is 9.57 Å². The zero-order chi connectivity index (χ0) is 24.0. The first-order valence-electron chi connectivity index (χ1n) is 10.4. The summed E-state index contributed by atoms with van der Waals surface area (Å²) >= 11 is 0. The summed E-state index contributed by atoms with van der Waals surface area (Å²) < 4.78 is 9.63. The number of hydroxylamine groups is 2. The topological polar surface area (TPSA) is 111 Å². The van der Waals surface area contributed by atoms with Crippen LogP contribution in [0.1, 0.15) is 56.8 Å². The number of rotatable bonds is 10. The van der Waals surface area contributed by atoms with Crippen molar-refractivity contribution in [1.82, 2.24) is 10.4 Å². The second kappa shape index (κ2) is 13.8. The van der Waals surface area contributed by atoms with E-state index in [1.807, 2.05) is 0 Å². The van der Waals surface area contributed by atoms with Crippen LogP contribution in [0, 0.1) is 0 Å². The van der Waals surface area contributed by atoms with E-state index in [9.17, 15) is 19.2 Å². The lowest BCUT2D eigenvalue weighted by Crippen LogP contribution is -2.33. The van der Waals surface area contributed by atoms with Crippen molar-refractivity contribution in [3.63, 3.8) is 0 Å². The third-order valence-electron chi connectivity index (χ3n) is 3.97. The smallest absolute Gasteiger partial charge is 0.407 e. The average Bonchev–Trinajstić information content (AvgIpc) is 2.74. The molecule has 0 aliphatic rings. The average molecular weight is 449 g/mol. The first-order valence-corrected chi connectivity index (χ1v) is 10.4. The molecule has 0 aromatic heterocycles. The molecule has 9 heteroatoms. The quantitative estimate of drug-likeness (QED) is 0.253. The molecular formula is C23H32N2O7. The zero-order valence-corrected chi connectivity index (χ0v) is 19.1. The van der Waals surface area contributed by atoms with E-state index < -0.39 is 29.5 Å². The number of hydrogen-bond donors (Lipinski definition) is 1. The molecule has 32 heavy (non-hydrogen) atoms. The minimum Gasteiger partial charge on any atom is -0.466 e. The minimum atomic E-state index is -0.690. The molecule has 0 radical (unpaired) electrons. The molecule has 176 valence electrons. The van der Waals surface area contributed by atoms with Gasteiger partial charge in [0.25, 0.3) is 5.91 Å². The monoisotopic (exact) mass is 448 g/mol. The fraction of sp³-hybridized carbons (Fsp3) is 0.478. The van der Waals surface area contributed by atoms with Crippen LogP contribution in [0.2, 0.25) is 0 Å². The lowest BCUT2D eigenvalue weighted by Gasteiger charge is -2.20. The molecule has 1 rings (SSSR count). The van der Waals surface area contributed by atoms with Gasteiger partial charge in [0.1, 0.15) is 5.60 Å². The number of amides is 2. The van der Waals surface area contributed by atoms with Gasteiger partial charge in [0.2, 0.25) is 0 Å². The Labute approximate surface area is 188 Å². The molecule has 9 nitrogen and oxygen atoms in total.